The summed E-state index contributed by atoms with van der Waals surface area (Å²) in [6, 6.07) is 4.69. The van der Waals surface area contributed by atoms with Gasteiger partial charge >= 0.3 is 6.29 Å². The van der Waals surface area contributed by atoms with E-state index in [9.17, 15) is 8.78 Å². The van der Waals surface area contributed by atoms with E-state index in [1.807, 2.05) is 4.40 Å². The molecule has 2 aliphatic rings. The molecule has 1 aromatic carbocycles. The molecule has 0 aliphatic carbocycles. The van der Waals surface area contributed by atoms with Crippen LogP contribution in [0.15, 0.2) is 36.8 Å². The molecule has 3 aromatic rings. The Hall–Kier alpha value is -2.94. The number of anilines is 1. The lowest BCUT2D eigenvalue weighted by molar-refractivity contribution is -0.286. The van der Waals surface area contributed by atoms with Gasteiger partial charge in [-0.1, -0.05) is 0 Å². The minimum absolute atomic E-state index is 0.00455. The molecule has 0 spiro atoms. The first-order valence-electron chi connectivity index (χ1n) is 8.16. The number of imidazole rings is 1. The number of alkyl halides is 2. The first-order chi connectivity index (χ1) is 12.6. The second-order valence-electron chi connectivity index (χ2n) is 6.02. The number of benzene rings is 1. The monoisotopic (exact) mass is 360 g/mol. The molecule has 134 valence electrons. The Labute approximate surface area is 146 Å². The Bertz CT molecular complexity index is 985. The van der Waals surface area contributed by atoms with Crippen LogP contribution in [0.4, 0.5) is 14.6 Å². The summed E-state index contributed by atoms with van der Waals surface area (Å²) in [5, 5.41) is 0. The van der Waals surface area contributed by atoms with E-state index < -0.39 is 6.29 Å². The lowest BCUT2D eigenvalue weighted by Gasteiger charge is -2.27. The Morgan fingerprint density at radius 1 is 1.04 bits per heavy atom. The van der Waals surface area contributed by atoms with Gasteiger partial charge in [-0.2, -0.15) is 0 Å². The summed E-state index contributed by atoms with van der Waals surface area (Å²) in [5.74, 6) is 0.794. The molecule has 1 fully saturated rings. The molecule has 2 aromatic heterocycles. The molecule has 0 unspecified atom stereocenters. The van der Waals surface area contributed by atoms with Crippen molar-refractivity contribution >= 4 is 11.5 Å². The number of fused-ring (bicyclic) bond motifs is 2. The average molecular weight is 360 g/mol. The molecule has 5 rings (SSSR count). The van der Waals surface area contributed by atoms with Gasteiger partial charge in [0.25, 0.3) is 0 Å². The summed E-state index contributed by atoms with van der Waals surface area (Å²) < 4.78 is 42.7. The fourth-order valence-electron chi connectivity index (χ4n) is 3.23. The highest BCUT2D eigenvalue weighted by molar-refractivity contribution is 5.72. The molecule has 2 aliphatic heterocycles. The predicted octanol–water partition coefficient (Wildman–Crippen LogP) is 2.55. The minimum Gasteiger partial charge on any atom is -0.395 e. The number of aromatic nitrogens is 3. The van der Waals surface area contributed by atoms with E-state index in [1.165, 1.54) is 12.1 Å². The highest BCUT2D eigenvalue weighted by atomic mass is 19.3. The summed E-state index contributed by atoms with van der Waals surface area (Å²) in [5.41, 5.74) is 2.14. The second kappa shape index (κ2) is 5.53. The van der Waals surface area contributed by atoms with Gasteiger partial charge in [-0.05, 0) is 18.2 Å². The van der Waals surface area contributed by atoms with Crippen molar-refractivity contribution in [2.45, 2.75) is 6.29 Å². The second-order valence-corrected chi connectivity index (χ2v) is 6.02. The molecule has 1 saturated heterocycles. The minimum atomic E-state index is -3.63. The lowest BCUT2D eigenvalue weighted by Crippen LogP contribution is -2.37. The molecular formula is C17H14F2N4O3. The largest absolute Gasteiger partial charge is 0.586 e. The molecule has 9 heteroatoms. The van der Waals surface area contributed by atoms with E-state index in [0.717, 1.165) is 24.6 Å². The van der Waals surface area contributed by atoms with Gasteiger partial charge in [0.2, 0.25) is 0 Å². The summed E-state index contributed by atoms with van der Waals surface area (Å²) >= 11 is 0. The molecule has 7 nitrogen and oxygen atoms in total. The van der Waals surface area contributed by atoms with E-state index in [4.69, 9.17) is 4.74 Å². The Kier molecular flexibility index (Phi) is 3.26. The smallest absolute Gasteiger partial charge is 0.395 e. The van der Waals surface area contributed by atoms with Crippen molar-refractivity contribution in [3.8, 4) is 22.8 Å². The van der Waals surface area contributed by atoms with E-state index in [-0.39, 0.29) is 11.5 Å². The number of halogens is 2. The van der Waals surface area contributed by atoms with Gasteiger partial charge < -0.3 is 19.1 Å². The van der Waals surface area contributed by atoms with Crippen LogP contribution in [0.25, 0.3) is 16.9 Å². The highest BCUT2D eigenvalue weighted by Crippen LogP contribution is 2.43. The zero-order valence-electron chi connectivity index (χ0n) is 13.6. The molecular weight excluding hydrogens is 346 g/mol. The van der Waals surface area contributed by atoms with Crippen LogP contribution < -0.4 is 14.4 Å². The maximum absolute atomic E-state index is 13.2. The van der Waals surface area contributed by atoms with Crippen LogP contribution in [0.5, 0.6) is 11.5 Å². The van der Waals surface area contributed by atoms with Gasteiger partial charge in [0.15, 0.2) is 23.0 Å². The average Bonchev–Trinajstić information content (AvgIpc) is 3.20. The third-order valence-electron chi connectivity index (χ3n) is 4.42. The maximum Gasteiger partial charge on any atom is 0.586 e. The zero-order chi connectivity index (χ0) is 17.7. The van der Waals surface area contributed by atoms with Crippen LogP contribution in [-0.2, 0) is 4.74 Å². The number of ether oxygens (including phenoxy) is 3. The van der Waals surface area contributed by atoms with Gasteiger partial charge in [0, 0.05) is 31.0 Å². The predicted molar refractivity (Wildman–Crippen MR) is 87.7 cm³/mol. The summed E-state index contributed by atoms with van der Waals surface area (Å²) in [6.07, 6.45) is 1.55. The first kappa shape index (κ1) is 15.3. The summed E-state index contributed by atoms with van der Waals surface area (Å²) in [4.78, 5) is 11.1. The first-order valence-corrected chi connectivity index (χ1v) is 8.16. The van der Waals surface area contributed by atoms with Crippen molar-refractivity contribution in [3.05, 3.63) is 36.8 Å². The summed E-state index contributed by atoms with van der Waals surface area (Å²) in [7, 11) is 0. The van der Waals surface area contributed by atoms with Gasteiger partial charge in [0.1, 0.15) is 0 Å². The van der Waals surface area contributed by atoms with Crippen LogP contribution >= 0.6 is 0 Å². The number of hydrogen-bond acceptors (Lipinski definition) is 6. The van der Waals surface area contributed by atoms with Crippen molar-refractivity contribution in [3.63, 3.8) is 0 Å². The summed E-state index contributed by atoms with van der Waals surface area (Å²) in [6.45, 7) is 2.78. The van der Waals surface area contributed by atoms with Gasteiger partial charge in [0.05, 0.1) is 25.1 Å². The fraction of sp³-hybridized carbons (Fsp3) is 0.294. The van der Waals surface area contributed by atoms with Crippen molar-refractivity contribution in [1.29, 1.82) is 0 Å². The Morgan fingerprint density at radius 2 is 1.85 bits per heavy atom. The molecule has 0 N–H and O–H groups in total. The number of hydrogen-bond donors (Lipinski definition) is 0. The Morgan fingerprint density at radius 3 is 2.69 bits per heavy atom. The van der Waals surface area contributed by atoms with Crippen LogP contribution in [-0.4, -0.2) is 47.0 Å². The molecule has 4 heterocycles. The topological polar surface area (TPSA) is 61.1 Å². The highest BCUT2D eigenvalue weighted by Gasteiger charge is 2.43. The van der Waals surface area contributed by atoms with Crippen LogP contribution in [0.1, 0.15) is 0 Å². The van der Waals surface area contributed by atoms with Crippen molar-refractivity contribution < 1.29 is 23.0 Å². The van der Waals surface area contributed by atoms with E-state index in [0.29, 0.717) is 24.4 Å². The van der Waals surface area contributed by atoms with Crippen molar-refractivity contribution in [1.82, 2.24) is 14.4 Å². The number of rotatable bonds is 2. The molecule has 26 heavy (non-hydrogen) atoms. The number of nitrogens with zero attached hydrogens (tertiary/aromatic N) is 4. The third-order valence-corrected chi connectivity index (χ3v) is 4.42. The van der Waals surface area contributed by atoms with Crippen LogP contribution in [0.3, 0.4) is 0 Å². The van der Waals surface area contributed by atoms with Crippen LogP contribution in [0.2, 0.25) is 0 Å². The lowest BCUT2D eigenvalue weighted by atomic mass is 10.1. The van der Waals surface area contributed by atoms with Gasteiger partial charge in [-0.3, -0.25) is 4.40 Å². The quantitative estimate of drug-likeness (QED) is 0.700. The SMILES string of the molecule is FC1(F)Oc2ccc(-c3cnc4c(N5CCOCC5)nccn34)cc2O1. The van der Waals surface area contributed by atoms with Crippen LogP contribution in [0, 0.1) is 0 Å². The molecule has 0 radical (unpaired) electrons. The van der Waals surface area contributed by atoms with E-state index in [2.05, 4.69) is 24.3 Å². The van der Waals surface area contributed by atoms with Gasteiger partial charge in [-0.25, -0.2) is 9.97 Å². The molecule has 0 saturated carbocycles. The molecule has 0 bridgehead atoms. The molecule has 0 atom stereocenters. The molecule has 0 amide bonds. The zero-order valence-corrected chi connectivity index (χ0v) is 13.6. The van der Waals surface area contributed by atoms with E-state index >= 15 is 0 Å². The van der Waals surface area contributed by atoms with Crippen molar-refractivity contribution in [2.75, 3.05) is 31.2 Å². The normalized spacial score (nSPS) is 18.5. The fourth-order valence-corrected chi connectivity index (χ4v) is 3.23. The maximum atomic E-state index is 13.2. The standard InChI is InChI=1S/C17H14F2N4O3/c18-17(19)25-13-2-1-11(9-14(13)26-17)12-10-21-16-15(20-3-4-23(12)16)22-5-7-24-8-6-22/h1-4,9-10H,5-8H2. The number of morpholine rings is 1. The Balaban J connectivity index is 1.57. The third kappa shape index (κ3) is 2.43. The van der Waals surface area contributed by atoms with Crippen molar-refractivity contribution in [2.24, 2.45) is 0 Å². The van der Waals surface area contributed by atoms with E-state index in [1.54, 1.807) is 24.7 Å². The van der Waals surface area contributed by atoms with Gasteiger partial charge in [-0.15, -0.1) is 8.78 Å².